The smallest absolute Gasteiger partial charge is 0.248 e. The van der Waals surface area contributed by atoms with E-state index in [0.717, 1.165) is 0 Å². The number of hydrogen-bond acceptors (Lipinski definition) is 5. The Hall–Kier alpha value is -3.02. The zero-order chi connectivity index (χ0) is 16.0. The average molecular weight is 288 g/mol. The molecule has 0 aliphatic heterocycles. The summed E-state index contributed by atoms with van der Waals surface area (Å²) in [7, 11) is 0. The number of carbonyl (C=O) groups is 1. The molecule has 0 spiro atoms. The number of phenolic OH excluding ortho intramolecular Hbond substituents is 3. The molecule has 0 atom stereocenters. The minimum absolute atomic E-state index is 0.00694. The second-order valence-corrected chi connectivity index (χ2v) is 4.24. The monoisotopic (exact) mass is 288 g/mol. The number of aromatic hydroxyl groups is 3. The third-order valence-corrected chi connectivity index (χ3v) is 2.54. The Labute approximate surface area is 121 Å². The first kappa shape index (κ1) is 16.0. The van der Waals surface area contributed by atoms with Crippen molar-refractivity contribution in [1.82, 2.24) is 0 Å². The highest BCUT2D eigenvalue weighted by Gasteiger charge is 2.02. The van der Waals surface area contributed by atoms with E-state index in [-0.39, 0.29) is 23.0 Å². The highest BCUT2D eigenvalue weighted by Crippen LogP contribution is 2.22. The van der Waals surface area contributed by atoms with E-state index >= 15 is 0 Å². The third kappa shape index (κ3) is 4.87. The minimum Gasteiger partial charge on any atom is -0.508 e. The number of amides is 1. The van der Waals surface area contributed by atoms with E-state index in [1.165, 1.54) is 42.5 Å². The molecule has 0 aliphatic rings. The molecule has 0 saturated heterocycles. The molecule has 0 unspecified atom stereocenters. The molecule has 6 nitrogen and oxygen atoms in total. The lowest BCUT2D eigenvalue weighted by molar-refractivity contribution is 0.100. The molecule has 6 N–H and O–H groups in total. The van der Waals surface area contributed by atoms with Crippen LogP contribution in [0.25, 0.3) is 0 Å². The van der Waals surface area contributed by atoms with Crippen molar-refractivity contribution < 1.29 is 20.1 Å². The molecule has 1 amide bonds. The molecular formula is C15H16N2O4. The van der Waals surface area contributed by atoms with Gasteiger partial charge in [0.2, 0.25) is 5.91 Å². The number of rotatable bonds is 2. The lowest BCUT2D eigenvalue weighted by Gasteiger charge is -2.01. The predicted molar refractivity (Wildman–Crippen MR) is 78.9 cm³/mol. The lowest BCUT2D eigenvalue weighted by Crippen LogP contribution is -2.10. The van der Waals surface area contributed by atoms with Gasteiger partial charge in [-0.05, 0) is 43.3 Å². The molecule has 0 saturated carbocycles. The van der Waals surface area contributed by atoms with Gasteiger partial charge in [0, 0.05) is 22.9 Å². The molecule has 0 aromatic heterocycles. The van der Waals surface area contributed by atoms with Crippen molar-refractivity contribution in [3.05, 3.63) is 53.6 Å². The normalized spacial score (nSPS) is 9.38. The van der Waals surface area contributed by atoms with Gasteiger partial charge in [-0.15, -0.1) is 0 Å². The number of nitrogens with one attached hydrogen (secondary N) is 1. The van der Waals surface area contributed by atoms with Gasteiger partial charge < -0.3 is 26.5 Å². The van der Waals surface area contributed by atoms with Crippen LogP contribution in [0.4, 0.5) is 0 Å². The standard InChI is InChI=1S/C8H9NO2.C7H7NO2/c1-5(9)7-3-2-6(10)4-8(7)11;8-7(10)5-1-3-6(9)4-2-5/h2-4,9-11H,1H3;1-4,9H,(H2,8,10). The first-order valence-electron chi connectivity index (χ1n) is 5.97. The van der Waals surface area contributed by atoms with Gasteiger partial charge in [-0.3, -0.25) is 4.79 Å². The molecular weight excluding hydrogens is 272 g/mol. The SMILES string of the molecule is CC(=N)c1ccc(O)cc1O.NC(=O)c1ccc(O)cc1. The first-order valence-corrected chi connectivity index (χ1v) is 5.97. The number of carbonyl (C=O) groups excluding carboxylic acids is 1. The quantitative estimate of drug-likeness (QED) is 0.541. The first-order chi connectivity index (χ1) is 9.81. The molecule has 110 valence electrons. The zero-order valence-corrected chi connectivity index (χ0v) is 11.4. The van der Waals surface area contributed by atoms with Crippen LogP contribution < -0.4 is 5.73 Å². The van der Waals surface area contributed by atoms with Gasteiger partial charge in [0.1, 0.15) is 17.2 Å². The Balaban J connectivity index is 0.000000211. The van der Waals surface area contributed by atoms with E-state index in [0.29, 0.717) is 11.1 Å². The van der Waals surface area contributed by atoms with Crippen molar-refractivity contribution in [3.8, 4) is 17.2 Å². The van der Waals surface area contributed by atoms with Gasteiger partial charge in [0.05, 0.1) is 0 Å². The second kappa shape index (κ2) is 6.95. The summed E-state index contributed by atoms with van der Waals surface area (Å²) in [6.45, 7) is 1.58. The van der Waals surface area contributed by atoms with E-state index in [9.17, 15) is 4.79 Å². The average Bonchev–Trinajstić information content (AvgIpc) is 2.39. The third-order valence-electron chi connectivity index (χ3n) is 2.54. The second-order valence-electron chi connectivity index (χ2n) is 4.24. The van der Waals surface area contributed by atoms with E-state index in [2.05, 4.69) is 0 Å². The lowest BCUT2D eigenvalue weighted by atomic mass is 10.1. The van der Waals surface area contributed by atoms with Gasteiger partial charge >= 0.3 is 0 Å². The number of primary amides is 1. The number of phenols is 3. The molecule has 0 fully saturated rings. The summed E-state index contributed by atoms with van der Waals surface area (Å²) in [5, 5.41) is 34.0. The fourth-order valence-corrected chi connectivity index (χ4v) is 1.46. The summed E-state index contributed by atoms with van der Waals surface area (Å²) in [6.07, 6.45) is 0. The Kier molecular flexibility index (Phi) is 5.31. The van der Waals surface area contributed by atoms with Crippen LogP contribution in [0.15, 0.2) is 42.5 Å². The van der Waals surface area contributed by atoms with Crippen LogP contribution in [-0.2, 0) is 0 Å². The van der Waals surface area contributed by atoms with Crippen molar-refractivity contribution in [2.45, 2.75) is 6.92 Å². The number of nitrogens with two attached hydrogens (primary N) is 1. The predicted octanol–water partition coefficient (Wildman–Crippen LogP) is 1.98. The Bertz CT molecular complexity index is 651. The highest BCUT2D eigenvalue weighted by molar-refractivity contribution is 5.98. The summed E-state index contributed by atoms with van der Waals surface area (Å²) in [5.74, 6) is -0.407. The maximum absolute atomic E-state index is 10.5. The fraction of sp³-hybridized carbons (Fsp3) is 0.0667. The van der Waals surface area contributed by atoms with Crippen molar-refractivity contribution in [1.29, 1.82) is 5.41 Å². The van der Waals surface area contributed by atoms with Crippen molar-refractivity contribution in [3.63, 3.8) is 0 Å². The van der Waals surface area contributed by atoms with Crippen LogP contribution in [0.5, 0.6) is 17.2 Å². The summed E-state index contributed by atoms with van der Waals surface area (Å²) >= 11 is 0. The Morgan fingerprint density at radius 3 is 1.95 bits per heavy atom. The summed E-state index contributed by atoms with van der Waals surface area (Å²) < 4.78 is 0. The zero-order valence-electron chi connectivity index (χ0n) is 11.4. The summed E-state index contributed by atoms with van der Waals surface area (Å²) in [4.78, 5) is 10.5. The largest absolute Gasteiger partial charge is 0.508 e. The molecule has 2 aromatic carbocycles. The van der Waals surface area contributed by atoms with Crippen molar-refractivity contribution in [2.24, 2.45) is 5.73 Å². The minimum atomic E-state index is -0.486. The van der Waals surface area contributed by atoms with Crippen LogP contribution in [-0.4, -0.2) is 26.9 Å². The van der Waals surface area contributed by atoms with Gasteiger partial charge in [-0.2, -0.15) is 0 Å². The number of benzene rings is 2. The van der Waals surface area contributed by atoms with Crippen molar-refractivity contribution in [2.75, 3.05) is 0 Å². The fourth-order valence-electron chi connectivity index (χ4n) is 1.46. The molecule has 0 bridgehead atoms. The van der Waals surface area contributed by atoms with Gasteiger partial charge in [-0.1, -0.05) is 0 Å². The molecule has 0 radical (unpaired) electrons. The summed E-state index contributed by atoms with van der Waals surface area (Å²) in [5.41, 5.74) is 6.07. The Morgan fingerprint density at radius 1 is 1.00 bits per heavy atom. The van der Waals surface area contributed by atoms with E-state index in [4.69, 9.17) is 26.5 Å². The molecule has 2 aromatic rings. The molecule has 0 heterocycles. The van der Waals surface area contributed by atoms with Gasteiger partial charge in [-0.25, -0.2) is 0 Å². The molecule has 21 heavy (non-hydrogen) atoms. The van der Waals surface area contributed by atoms with E-state index in [1.54, 1.807) is 6.92 Å². The topological polar surface area (TPSA) is 128 Å². The van der Waals surface area contributed by atoms with Crippen molar-refractivity contribution >= 4 is 11.6 Å². The molecule has 2 rings (SSSR count). The van der Waals surface area contributed by atoms with E-state index in [1.807, 2.05) is 0 Å². The maximum atomic E-state index is 10.5. The van der Waals surface area contributed by atoms with E-state index < -0.39 is 5.91 Å². The highest BCUT2D eigenvalue weighted by atomic mass is 16.3. The van der Waals surface area contributed by atoms with Crippen LogP contribution in [0.1, 0.15) is 22.8 Å². The molecule has 0 aliphatic carbocycles. The number of hydrogen-bond donors (Lipinski definition) is 5. The van der Waals surface area contributed by atoms with Crippen LogP contribution in [0.3, 0.4) is 0 Å². The van der Waals surface area contributed by atoms with Crippen LogP contribution >= 0.6 is 0 Å². The Morgan fingerprint density at radius 2 is 1.52 bits per heavy atom. The van der Waals surface area contributed by atoms with Gasteiger partial charge in [0.25, 0.3) is 0 Å². The summed E-state index contributed by atoms with van der Waals surface area (Å²) in [6, 6.07) is 9.93. The molecule has 6 heteroatoms. The van der Waals surface area contributed by atoms with Crippen LogP contribution in [0, 0.1) is 5.41 Å². The van der Waals surface area contributed by atoms with Gasteiger partial charge in [0.15, 0.2) is 0 Å². The van der Waals surface area contributed by atoms with Crippen LogP contribution in [0.2, 0.25) is 0 Å². The maximum Gasteiger partial charge on any atom is 0.248 e.